The molecule has 24 heavy (non-hydrogen) atoms. The largest absolute Gasteiger partial charge is 0.465 e. The van der Waals surface area contributed by atoms with Crippen molar-refractivity contribution in [3.8, 4) is 0 Å². The van der Waals surface area contributed by atoms with Gasteiger partial charge in [0.1, 0.15) is 17.7 Å². The van der Waals surface area contributed by atoms with Gasteiger partial charge >= 0.3 is 0 Å². The van der Waals surface area contributed by atoms with Crippen LogP contribution in [0, 0.1) is 34.5 Å². The maximum atomic E-state index is 13.0. The number of ketones is 2. The first-order valence-corrected chi connectivity index (χ1v) is 9.55. The molecule has 0 aromatic carbocycles. The molecule has 0 N–H and O–H groups in total. The van der Waals surface area contributed by atoms with Crippen LogP contribution >= 0.6 is 0 Å². The predicted molar refractivity (Wildman–Crippen MR) is 88.1 cm³/mol. The molecule has 0 aromatic heterocycles. The van der Waals surface area contributed by atoms with E-state index >= 15 is 0 Å². The van der Waals surface area contributed by atoms with Gasteiger partial charge in [-0.2, -0.15) is 0 Å². The van der Waals surface area contributed by atoms with Crippen LogP contribution < -0.4 is 0 Å². The lowest BCUT2D eigenvalue weighted by Gasteiger charge is -2.59. The first kappa shape index (κ1) is 16.3. The Balaban J connectivity index is 1.63. The molecule has 4 saturated carbocycles. The van der Waals surface area contributed by atoms with Crippen LogP contribution in [0.1, 0.15) is 65.2 Å². The van der Waals surface area contributed by atoms with Crippen molar-refractivity contribution >= 4 is 18.0 Å². The minimum atomic E-state index is -0.178. The van der Waals surface area contributed by atoms with E-state index in [-0.39, 0.29) is 22.9 Å². The highest BCUT2D eigenvalue weighted by atomic mass is 16.5. The number of carbonyl (C=O) groups excluding carboxylic acids is 3. The molecule has 4 fully saturated rings. The lowest BCUT2D eigenvalue weighted by atomic mass is 9.45. The predicted octanol–water partition coefficient (Wildman–Crippen LogP) is 3.32. The molecule has 4 rings (SSSR count). The topological polar surface area (TPSA) is 60.4 Å². The van der Waals surface area contributed by atoms with Crippen LogP contribution in [0.2, 0.25) is 0 Å². The molecule has 0 aromatic rings. The maximum Gasteiger partial charge on any atom is 0.293 e. The first-order chi connectivity index (χ1) is 11.4. The maximum absolute atomic E-state index is 13.0. The quantitative estimate of drug-likeness (QED) is 0.728. The molecule has 4 nitrogen and oxygen atoms in total. The van der Waals surface area contributed by atoms with Gasteiger partial charge in [0, 0.05) is 24.2 Å². The van der Waals surface area contributed by atoms with E-state index in [2.05, 4.69) is 13.8 Å². The molecule has 0 heterocycles. The van der Waals surface area contributed by atoms with E-state index in [4.69, 9.17) is 4.74 Å². The van der Waals surface area contributed by atoms with Crippen LogP contribution in [0.4, 0.5) is 0 Å². The third-order valence-electron chi connectivity index (χ3n) is 8.37. The summed E-state index contributed by atoms with van der Waals surface area (Å²) in [5.74, 6) is 2.12. The molecular formula is C20H28O4. The van der Waals surface area contributed by atoms with Gasteiger partial charge in [-0.15, -0.1) is 0 Å². The normalized spacial score (nSPS) is 50.7. The monoisotopic (exact) mass is 332 g/mol. The van der Waals surface area contributed by atoms with Crippen molar-refractivity contribution in [2.24, 2.45) is 34.5 Å². The second kappa shape index (κ2) is 5.40. The van der Waals surface area contributed by atoms with Crippen LogP contribution in [0.3, 0.4) is 0 Å². The molecular weight excluding hydrogens is 304 g/mol. The zero-order chi connectivity index (χ0) is 17.1. The van der Waals surface area contributed by atoms with E-state index in [0.29, 0.717) is 55.1 Å². The van der Waals surface area contributed by atoms with Crippen LogP contribution in [-0.4, -0.2) is 24.1 Å². The van der Waals surface area contributed by atoms with Crippen LogP contribution in [-0.2, 0) is 19.1 Å². The number of carbonyl (C=O) groups is 3. The van der Waals surface area contributed by atoms with Gasteiger partial charge in [0.2, 0.25) is 0 Å². The minimum absolute atomic E-state index is 0.0235. The first-order valence-electron chi connectivity index (χ1n) is 9.55. The zero-order valence-corrected chi connectivity index (χ0v) is 14.8. The molecule has 132 valence electrons. The summed E-state index contributed by atoms with van der Waals surface area (Å²) < 4.78 is 5.18. The Hall–Kier alpha value is -1.19. The van der Waals surface area contributed by atoms with Gasteiger partial charge in [-0.05, 0) is 61.7 Å². The van der Waals surface area contributed by atoms with Crippen molar-refractivity contribution in [1.82, 2.24) is 0 Å². The Morgan fingerprint density at radius 3 is 2.62 bits per heavy atom. The average molecular weight is 332 g/mol. The molecule has 0 spiro atoms. The van der Waals surface area contributed by atoms with E-state index in [0.717, 1.165) is 32.1 Å². The highest BCUT2D eigenvalue weighted by molar-refractivity contribution is 5.88. The molecule has 0 bridgehead atoms. The molecule has 0 amide bonds. The summed E-state index contributed by atoms with van der Waals surface area (Å²) in [7, 11) is 0. The van der Waals surface area contributed by atoms with E-state index in [1.165, 1.54) is 0 Å². The van der Waals surface area contributed by atoms with Crippen molar-refractivity contribution in [3.63, 3.8) is 0 Å². The number of hydrogen-bond acceptors (Lipinski definition) is 4. The highest BCUT2D eigenvalue weighted by Crippen LogP contribution is 2.64. The summed E-state index contributed by atoms with van der Waals surface area (Å²) in [6, 6.07) is 0. The van der Waals surface area contributed by atoms with Crippen molar-refractivity contribution in [2.45, 2.75) is 71.3 Å². The van der Waals surface area contributed by atoms with E-state index in [1.807, 2.05) is 0 Å². The zero-order valence-electron chi connectivity index (χ0n) is 14.8. The molecule has 7 atom stereocenters. The second-order valence-electron chi connectivity index (χ2n) is 9.15. The number of rotatable bonds is 2. The van der Waals surface area contributed by atoms with E-state index in [9.17, 15) is 14.4 Å². The summed E-state index contributed by atoms with van der Waals surface area (Å²) in [5.41, 5.74) is -0.155. The van der Waals surface area contributed by atoms with Crippen molar-refractivity contribution in [1.29, 1.82) is 0 Å². The smallest absolute Gasteiger partial charge is 0.293 e. The summed E-state index contributed by atoms with van der Waals surface area (Å²) in [5, 5.41) is 0. The van der Waals surface area contributed by atoms with Gasteiger partial charge in [-0.1, -0.05) is 13.8 Å². The number of hydrogen-bond donors (Lipinski definition) is 0. The lowest BCUT2D eigenvalue weighted by Crippen LogP contribution is -2.57. The van der Waals surface area contributed by atoms with Crippen LogP contribution in [0.5, 0.6) is 0 Å². The number of fused-ring (bicyclic) bond motifs is 5. The van der Waals surface area contributed by atoms with Crippen molar-refractivity contribution in [3.05, 3.63) is 0 Å². The fourth-order valence-electron chi connectivity index (χ4n) is 6.98. The standard InChI is InChI=1S/C20H28O4/c1-19-7-5-12(24-11-21)9-16(19)17(22)10-13-14-3-4-18(23)20(14,2)8-6-15(13)19/h11-16H,3-10H2,1-2H3/t12?,13-,14-,15+,16?,19+,20-/m0/s1. The molecule has 4 heteroatoms. The van der Waals surface area contributed by atoms with Gasteiger partial charge in [-0.3, -0.25) is 14.4 Å². The second-order valence-corrected chi connectivity index (χ2v) is 9.15. The van der Waals surface area contributed by atoms with Crippen LogP contribution in [0.25, 0.3) is 0 Å². The SMILES string of the molecule is C[C@]12CCC(OC=O)CC1C(=O)C[C@@H]1[C@H]2CC[C@]2(C)C(=O)CC[C@@H]12. The van der Waals surface area contributed by atoms with Gasteiger partial charge < -0.3 is 4.74 Å². The van der Waals surface area contributed by atoms with Gasteiger partial charge in [0.25, 0.3) is 6.47 Å². The summed E-state index contributed by atoms with van der Waals surface area (Å²) in [6.07, 6.45) is 6.79. The van der Waals surface area contributed by atoms with Gasteiger partial charge in [-0.25, -0.2) is 0 Å². The Morgan fingerprint density at radius 1 is 1.08 bits per heavy atom. The molecule has 0 aliphatic heterocycles. The average Bonchev–Trinajstić information content (AvgIpc) is 2.85. The Labute approximate surface area is 143 Å². The third kappa shape index (κ3) is 2.07. The van der Waals surface area contributed by atoms with Crippen molar-refractivity contribution in [2.75, 3.05) is 0 Å². The molecule has 4 aliphatic rings. The minimum Gasteiger partial charge on any atom is -0.465 e. The third-order valence-corrected chi connectivity index (χ3v) is 8.37. The highest BCUT2D eigenvalue weighted by Gasteiger charge is 2.62. The van der Waals surface area contributed by atoms with Gasteiger partial charge in [0.05, 0.1) is 0 Å². The Bertz CT molecular complexity index is 584. The van der Waals surface area contributed by atoms with Crippen molar-refractivity contribution < 1.29 is 19.1 Å². The molecule has 0 radical (unpaired) electrons. The lowest BCUT2D eigenvalue weighted by molar-refractivity contribution is -0.165. The summed E-state index contributed by atoms with van der Waals surface area (Å²) in [4.78, 5) is 36.1. The van der Waals surface area contributed by atoms with Crippen LogP contribution in [0.15, 0.2) is 0 Å². The molecule has 2 unspecified atom stereocenters. The van der Waals surface area contributed by atoms with E-state index in [1.54, 1.807) is 0 Å². The van der Waals surface area contributed by atoms with Gasteiger partial charge in [0.15, 0.2) is 0 Å². The number of ether oxygens (including phenoxy) is 1. The Kier molecular flexibility index (Phi) is 3.67. The van der Waals surface area contributed by atoms with E-state index < -0.39 is 0 Å². The molecule has 4 aliphatic carbocycles. The summed E-state index contributed by atoms with van der Waals surface area (Å²) >= 11 is 0. The summed E-state index contributed by atoms with van der Waals surface area (Å²) in [6.45, 7) is 4.97. The fraction of sp³-hybridized carbons (Fsp3) is 0.850. The number of Topliss-reactive ketones (excluding diaryl/α,β-unsaturated/α-hetero) is 2. The fourth-order valence-corrected chi connectivity index (χ4v) is 6.98. The molecule has 0 saturated heterocycles. The Morgan fingerprint density at radius 2 is 1.88 bits per heavy atom.